The highest BCUT2D eigenvalue weighted by atomic mass is 32.1. The van der Waals surface area contributed by atoms with Crippen molar-refractivity contribution in [2.45, 2.75) is 26.3 Å². The first-order chi connectivity index (χ1) is 9.41. The van der Waals surface area contributed by atoms with Gasteiger partial charge in [0.05, 0.1) is 6.07 Å². The molecule has 0 aliphatic carbocycles. The van der Waals surface area contributed by atoms with Crippen LogP contribution in [0.4, 0.5) is 0 Å². The lowest BCUT2D eigenvalue weighted by atomic mass is 10.1. The second-order valence-electron chi connectivity index (χ2n) is 5.07. The number of nitrogens with one attached hydrogen (secondary N) is 1. The van der Waals surface area contributed by atoms with Gasteiger partial charge in [-0.15, -0.1) is 11.3 Å². The van der Waals surface area contributed by atoms with Crippen molar-refractivity contribution >= 4 is 17.2 Å². The van der Waals surface area contributed by atoms with Crippen LogP contribution in [-0.2, 0) is 0 Å². The number of aromatic nitrogens is 1. The van der Waals surface area contributed by atoms with E-state index in [0.717, 1.165) is 16.3 Å². The number of carbonyl (C=O) groups is 1. The van der Waals surface area contributed by atoms with Gasteiger partial charge in [-0.1, -0.05) is 12.1 Å². The monoisotopic (exact) mass is 285 g/mol. The fourth-order valence-corrected chi connectivity index (χ4v) is 2.46. The Morgan fingerprint density at radius 2 is 2.20 bits per heavy atom. The molecule has 0 unspecified atom stereocenters. The zero-order valence-corrected chi connectivity index (χ0v) is 12.4. The molecule has 0 aliphatic heterocycles. The summed E-state index contributed by atoms with van der Waals surface area (Å²) in [4.78, 5) is 16.5. The van der Waals surface area contributed by atoms with Gasteiger partial charge in [0.1, 0.15) is 10.5 Å². The van der Waals surface area contributed by atoms with Crippen molar-refractivity contribution in [3.63, 3.8) is 0 Å². The topological polar surface area (TPSA) is 65.8 Å². The highest BCUT2D eigenvalue weighted by Gasteiger charge is 2.20. The molecule has 20 heavy (non-hydrogen) atoms. The molecule has 0 aliphatic rings. The molecule has 0 fully saturated rings. The van der Waals surface area contributed by atoms with E-state index in [1.54, 1.807) is 37.3 Å². The largest absolute Gasteiger partial charge is 0.334 e. The summed E-state index contributed by atoms with van der Waals surface area (Å²) in [6, 6.07) is 9.31. The standard InChI is InChI=1S/C15H15N3OS/c1-10-8-20-14(17-10)12-6-4-5-11(7-12)13(19)18-15(2,3)9-16/h4-8H,1-3H3,(H,18,19). The molecular weight excluding hydrogens is 270 g/mol. The Morgan fingerprint density at radius 1 is 1.45 bits per heavy atom. The lowest BCUT2D eigenvalue weighted by Crippen LogP contribution is -2.42. The molecule has 5 heteroatoms. The molecule has 1 N–H and O–H groups in total. The van der Waals surface area contributed by atoms with Crippen LogP contribution in [-0.4, -0.2) is 16.4 Å². The van der Waals surface area contributed by atoms with E-state index in [2.05, 4.69) is 10.3 Å². The number of rotatable bonds is 3. The maximum atomic E-state index is 12.1. The van der Waals surface area contributed by atoms with Crippen molar-refractivity contribution in [1.29, 1.82) is 5.26 Å². The minimum absolute atomic E-state index is 0.258. The summed E-state index contributed by atoms with van der Waals surface area (Å²) in [5.41, 5.74) is 1.51. The number of hydrogen-bond acceptors (Lipinski definition) is 4. The van der Waals surface area contributed by atoms with E-state index in [1.165, 1.54) is 0 Å². The summed E-state index contributed by atoms with van der Waals surface area (Å²) in [6.07, 6.45) is 0. The maximum Gasteiger partial charge on any atom is 0.252 e. The molecule has 4 nitrogen and oxygen atoms in total. The lowest BCUT2D eigenvalue weighted by molar-refractivity contribution is 0.0929. The van der Waals surface area contributed by atoms with E-state index < -0.39 is 5.54 Å². The van der Waals surface area contributed by atoms with E-state index in [0.29, 0.717) is 5.56 Å². The van der Waals surface area contributed by atoms with Crippen LogP contribution in [0.1, 0.15) is 29.9 Å². The van der Waals surface area contributed by atoms with Gasteiger partial charge in [-0.2, -0.15) is 5.26 Å². The Kier molecular flexibility index (Phi) is 3.86. The first-order valence-electron chi connectivity index (χ1n) is 6.17. The highest BCUT2D eigenvalue weighted by Crippen LogP contribution is 2.24. The van der Waals surface area contributed by atoms with Crippen molar-refractivity contribution < 1.29 is 4.79 Å². The van der Waals surface area contributed by atoms with Gasteiger partial charge >= 0.3 is 0 Å². The minimum atomic E-state index is -0.884. The summed E-state index contributed by atoms with van der Waals surface area (Å²) >= 11 is 1.55. The van der Waals surface area contributed by atoms with Gasteiger partial charge in [0, 0.05) is 22.2 Å². The molecule has 1 heterocycles. The van der Waals surface area contributed by atoms with Crippen LogP contribution in [0.5, 0.6) is 0 Å². The van der Waals surface area contributed by atoms with Crippen LogP contribution in [0.15, 0.2) is 29.6 Å². The Morgan fingerprint density at radius 3 is 2.80 bits per heavy atom. The van der Waals surface area contributed by atoms with Crippen molar-refractivity contribution in [1.82, 2.24) is 10.3 Å². The molecule has 0 atom stereocenters. The highest BCUT2D eigenvalue weighted by molar-refractivity contribution is 7.13. The van der Waals surface area contributed by atoms with Crippen molar-refractivity contribution in [3.05, 3.63) is 40.9 Å². The van der Waals surface area contributed by atoms with Gasteiger partial charge in [0.25, 0.3) is 5.91 Å². The lowest BCUT2D eigenvalue weighted by Gasteiger charge is -2.17. The van der Waals surface area contributed by atoms with E-state index in [-0.39, 0.29) is 5.91 Å². The molecule has 1 aromatic carbocycles. The fourth-order valence-electron chi connectivity index (χ4n) is 1.66. The van der Waals surface area contributed by atoms with Crippen LogP contribution in [0.25, 0.3) is 10.6 Å². The van der Waals surface area contributed by atoms with Gasteiger partial charge in [0.15, 0.2) is 0 Å². The maximum absolute atomic E-state index is 12.1. The molecule has 102 valence electrons. The summed E-state index contributed by atoms with van der Waals surface area (Å²) in [7, 11) is 0. The summed E-state index contributed by atoms with van der Waals surface area (Å²) < 4.78 is 0. The third-order valence-electron chi connectivity index (χ3n) is 2.70. The van der Waals surface area contributed by atoms with Gasteiger partial charge in [-0.3, -0.25) is 4.79 Å². The molecule has 1 aromatic heterocycles. The molecular formula is C15H15N3OS. The van der Waals surface area contributed by atoms with Crippen LogP contribution in [0.3, 0.4) is 0 Å². The molecule has 2 aromatic rings. The van der Waals surface area contributed by atoms with Gasteiger partial charge in [-0.25, -0.2) is 4.98 Å². The quantitative estimate of drug-likeness (QED) is 0.942. The normalized spacial score (nSPS) is 10.9. The van der Waals surface area contributed by atoms with Crippen LogP contribution in [0, 0.1) is 18.3 Å². The van der Waals surface area contributed by atoms with E-state index >= 15 is 0 Å². The van der Waals surface area contributed by atoms with Crippen molar-refractivity contribution in [3.8, 4) is 16.6 Å². The van der Waals surface area contributed by atoms with Crippen molar-refractivity contribution in [2.24, 2.45) is 0 Å². The van der Waals surface area contributed by atoms with Gasteiger partial charge in [-0.05, 0) is 32.9 Å². The molecule has 1 amide bonds. The van der Waals surface area contributed by atoms with Crippen LogP contribution >= 0.6 is 11.3 Å². The molecule has 0 spiro atoms. The Balaban J connectivity index is 2.27. The zero-order chi connectivity index (χ0) is 14.8. The Hall–Kier alpha value is -2.19. The summed E-state index contributed by atoms with van der Waals surface area (Å²) in [5.74, 6) is -0.258. The number of nitriles is 1. The molecule has 0 saturated heterocycles. The fraction of sp³-hybridized carbons (Fsp3) is 0.267. The number of nitrogens with zero attached hydrogens (tertiary/aromatic N) is 2. The van der Waals surface area contributed by atoms with E-state index in [9.17, 15) is 4.79 Å². The second kappa shape index (κ2) is 5.43. The van der Waals surface area contributed by atoms with Crippen molar-refractivity contribution in [2.75, 3.05) is 0 Å². The molecule has 0 bridgehead atoms. The first kappa shape index (κ1) is 14.2. The average Bonchev–Trinajstić information content (AvgIpc) is 2.85. The second-order valence-corrected chi connectivity index (χ2v) is 5.92. The predicted molar refractivity (Wildman–Crippen MR) is 79.4 cm³/mol. The van der Waals surface area contributed by atoms with Gasteiger partial charge in [0.2, 0.25) is 0 Å². The third-order valence-corrected chi connectivity index (χ3v) is 3.71. The van der Waals surface area contributed by atoms with E-state index in [4.69, 9.17) is 5.26 Å². The van der Waals surface area contributed by atoms with Gasteiger partial charge < -0.3 is 5.32 Å². The van der Waals surface area contributed by atoms with Crippen LogP contribution in [0.2, 0.25) is 0 Å². The SMILES string of the molecule is Cc1csc(-c2cccc(C(=O)NC(C)(C)C#N)c2)n1. The number of benzene rings is 1. The van der Waals surface area contributed by atoms with E-state index in [1.807, 2.05) is 30.5 Å². The number of amides is 1. The number of aryl methyl sites for hydroxylation is 1. The minimum Gasteiger partial charge on any atom is -0.334 e. The first-order valence-corrected chi connectivity index (χ1v) is 7.05. The summed E-state index contributed by atoms with van der Waals surface area (Å²) in [5, 5.41) is 14.5. The molecule has 2 rings (SSSR count). The number of carbonyl (C=O) groups excluding carboxylic acids is 1. The predicted octanol–water partition coefficient (Wildman–Crippen LogP) is 3.15. The molecule has 0 saturated carbocycles. The Bertz CT molecular complexity index is 682. The average molecular weight is 285 g/mol. The van der Waals surface area contributed by atoms with Crippen LogP contribution < -0.4 is 5.32 Å². The number of hydrogen-bond donors (Lipinski definition) is 1. The third kappa shape index (κ3) is 3.22. The summed E-state index contributed by atoms with van der Waals surface area (Å²) in [6.45, 7) is 5.27. The number of thiazole rings is 1. The zero-order valence-electron chi connectivity index (χ0n) is 11.6. The Labute approximate surface area is 122 Å². The smallest absolute Gasteiger partial charge is 0.252 e. The molecule has 0 radical (unpaired) electrons.